The highest BCUT2D eigenvalue weighted by Gasteiger charge is 2.30. The van der Waals surface area contributed by atoms with E-state index >= 15 is 0 Å². The third-order valence-corrected chi connectivity index (χ3v) is 3.20. The summed E-state index contributed by atoms with van der Waals surface area (Å²) in [6.07, 6.45) is 2.45. The van der Waals surface area contributed by atoms with Crippen molar-refractivity contribution in [1.82, 2.24) is 5.32 Å². The fraction of sp³-hybridized carbons (Fsp3) is 0.538. The first kappa shape index (κ1) is 9.72. The van der Waals surface area contributed by atoms with E-state index < -0.39 is 0 Å². The molecule has 0 heterocycles. The molecule has 1 unspecified atom stereocenters. The van der Waals surface area contributed by atoms with Gasteiger partial charge in [-0.3, -0.25) is 0 Å². The molecular weight excluding hydrogens is 170 g/mol. The molecule has 0 radical (unpaired) electrons. The van der Waals surface area contributed by atoms with Gasteiger partial charge in [0.1, 0.15) is 0 Å². The molecule has 1 nitrogen and oxygen atoms in total. The standard InChI is InChI=1S/C13H19N/c1-13(2)8-10-6-4-5-7-11(10)12(9-13)14-3/h4-7,12,14H,8-9H2,1-3H3. The van der Waals surface area contributed by atoms with Crippen molar-refractivity contribution in [2.24, 2.45) is 5.41 Å². The maximum Gasteiger partial charge on any atom is 0.0325 e. The van der Waals surface area contributed by atoms with E-state index in [2.05, 4.69) is 50.5 Å². The highest BCUT2D eigenvalue weighted by Crippen LogP contribution is 2.40. The van der Waals surface area contributed by atoms with Crippen molar-refractivity contribution >= 4 is 0 Å². The summed E-state index contributed by atoms with van der Waals surface area (Å²) in [5.74, 6) is 0. The zero-order valence-corrected chi connectivity index (χ0v) is 9.30. The monoisotopic (exact) mass is 189 g/mol. The Hall–Kier alpha value is -0.820. The molecule has 0 saturated carbocycles. The number of benzene rings is 1. The van der Waals surface area contributed by atoms with E-state index in [-0.39, 0.29) is 0 Å². The molecule has 0 aromatic heterocycles. The van der Waals surface area contributed by atoms with Gasteiger partial charge in [0.05, 0.1) is 0 Å². The minimum atomic E-state index is 0.433. The Labute approximate surface area is 86.5 Å². The summed E-state index contributed by atoms with van der Waals surface area (Å²) in [6, 6.07) is 9.34. The quantitative estimate of drug-likeness (QED) is 0.716. The van der Waals surface area contributed by atoms with Gasteiger partial charge >= 0.3 is 0 Å². The maximum atomic E-state index is 3.42. The van der Waals surface area contributed by atoms with E-state index in [1.165, 1.54) is 24.0 Å². The molecule has 0 saturated heterocycles. The third-order valence-electron chi connectivity index (χ3n) is 3.20. The van der Waals surface area contributed by atoms with Crippen LogP contribution in [0.1, 0.15) is 37.4 Å². The first-order valence-corrected chi connectivity index (χ1v) is 5.37. The van der Waals surface area contributed by atoms with Crippen LogP contribution in [-0.2, 0) is 6.42 Å². The minimum Gasteiger partial charge on any atom is -0.313 e. The van der Waals surface area contributed by atoms with Crippen LogP contribution in [0.4, 0.5) is 0 Å². The molecule has 0 amide bonds. The normalized spacial score (nSPS) is 24.4. The number of hydrogen-bond donors (Lipinski definition) is 1. The summed E-state index contributed by atoms with van der Waals surface area (Å²) in [5, 5.41) is 3.42. The summed E-state index contributed by atoms with van der Waals surface area (Å²) in [7, 11) is 2.06. The van der Waals surface area contributed by atoms with Gasteiger partial charge in [-0.05, 0) is 36.4 Å². The van der Waals surface area contributed by atoms with Crippen LogP contribution in [0.2, 0.25) is 0 Å². The second-order valence-electron chi connectivity index (χ2n) is 5.09. The van der Waals surface area contributed by atoms with Crippen LogP contribution in [0.3, 0.4) is 0 Å². The van der Waals surface area contributed by atoms with E-state index in [1.807, 2.05) is 0 Å². The summed E-state index contributed by atoms with van der Waals surface area (Å²) in [5.41, 5.74) is 3.44. The Morgan fingerprint density at radius 1 is 1.29 bits per heavy atom. The summed E-state index contributed by atoms with van der Waals surface area (Å²) < 4.78 is 0. The molecule has 1 heteroatoms. The van der Waals surface area contributed by atoms with Crippen LogP contribution in [0.15, 0.2) is 24.3 Å². The van der Waals surface area contributed by atoms with E-state index in [1.54, 1.807) is 0 Å². The van der Waals surface area contributed by atoms with Crippen molar-refractivity contribution in [2.75, 3.05) is 7.05 Å². The van der Waals surface area contributed by atoms with E-state index in [9.17, 15) is 0 Å². The van der Waals surface area contributed by atoms with Gasteiger partial charge in [0.25, 0.3) is 0 Å². The Balaban J connectivity index is 2.41. The Morgan fingerprint density at radius 2 is 2.00 bits per heavy atom. The van der Waals surface area contributed by atoms with Gasteiger partial charge in [-0.25, -0.2) is 0 Å². The van der Waals surface area contributed by atoms with Crippen LogP contribution in [0.25, 0.3) is 0 Å². The average Bonchev–Trinajstić information content (AvgIpc) is 2.15. The van der Waals surface area contributed by atoms with Crippen LogP contribution >= 0.6 is 0 Å². The molecule has 1 aromatic rings. The Bertz CT molecular complexity index is 328. The predicted octanol–water partition coefficient (Wildman–Crippen LogP) is 2.92. The van der Waals surface area contributed by atoms with E-state index in [4.69, 9.17) is 0 Å². The lowest BCUT2D eigenvalue weighted by Crippen LogP contribution is -2.31. The molecule has 0 fully saturated rings. The lowest BCUT2D eigenvalue weighted by Gasteiger charge is -2.36. The third kappa shape index (κ3) is 1.69. The molecule has 1 N–H and O–H groups in total. The van der Waals surface area contributed by atoms with Crippen molar-refractivity contribution < 1.29 is 0 Å². The molecule has 76 valence electrons. The molecule has 0 spiro atoms. The average molecular weight is 189 g/mol. The number of hydrogen-bond acceptors (Lipinski definition) is 1. The van der Waals surface area contributed by atoms with Gasteiger partial charge in [-0.15, -0.1) is 0 Å². The van der Waals surface area contributed by atoms with Crippen molar-refractivity contribution in [1.29, 1.82) is 0 Å². The summed E-state index contributed by atoms with van der Waals surface area (Å²) in [6.45, 7) is 4.71. The fourth-order valence-corrected chi connectivity index (χ4v) is 2.54. The smallest absolute Gasteiger partial charge is 0.0325 e. The first-order chi connectivity index (χ1) is 6.62. The van der Waals surface area contributed by atoms with Gasteiger partial charge in [-0.1, -0.05) is 38.1 Å². The highest BCUT2D eigenvalue weighted by atomic mass is 14.9. The van der Waals surface area contributed by atoms with Gasteiger partial charge < -0.3 is 5.32 Å². The van der Waals surface area contributed by atoms with Crippen molar-refractivity contribution in [3.8, 4) is 0 Å². The van der Waals surface area contributed by atoms with Crippen molar-refractivity contribution in [3.05, 3.63) is 35.4 Å². The maximum absolute atomic E-state index is 3.42. The lowest BCUT2D eigenvalue weighted by atomic mass is 9.72. The first-order valence-electron chi connectivity index (χ1n) is 5.37. The molecular formula is C13H19N. The number of nitrogens with one attached hydrogen (secondary N) is 1. The molecule has 1 atom stereocenters. The number of rotatable bonds is 1. The second-order valence-corrected chi connectivity index (χ2v) is 5.09. The van der Waals surface area contributed by atoms with Crippen LogP contribution in [-0.4, -0.2) is 7.05 Å². The Kier molecular flexibility index (Phi) is 2.36. The Morgan fingerprint density at radius 3 is 2.71 bits per heavy atom. The van der Waals surface area contributed by atoms with Gasteiger partial charge in [0.2, 0.25) is 0 Å². The SMILES string of the molecule is CNC1CC(C)(C)Cc2ccccc21. The fourth-order valence-electron chi connectivity index (χ4n) is 2.54. The molecule has 1 aliphatic rings. The van der Waals surface area contributed by atoms with Gasteiger partial charge in [-0.2, -0.15) is 0 Å². The van der Waals surface area contributed by atoms with E-state index in [0.29, 0.717) is 11.5 Å². The molecule has 1 aliphatic carbocycles. The molecule has 14 heavy (non-hydrogen) atoms. The zero-order valence-electron chi connectivity index (χ0n) is 9.30. The molecule has 0 bridgehead atoms. The topological polar surface area (TPSA) is 12.0 Å². The van der Waals surface area contributed by atoms with Crippen LogP contribution < -0.4 is 5.32 Å². The number of fused-ring (bicyclic) bond motifs is 1. The minimum absolute atomic E-state index is 0.433. The highest BCUT2D eigenvalue weighted by molar-refractivity contribution is 5.33. The summed E-state index contributed by atoms with van der Waals surface area (Å²) >= 11 is 0. The van der Waals surface area contributed by atoms with Gasteiger partial charge in [0.15, 0.2) is 0 Å². The second kappa shape index (κ2) is 3.39. The molecule has 2 rings (SSSR count). The van der Waals surface area contributed by atoms with Crippen molar-refractivity contribution in [3.63, 3.8) is 0 Å². The molecule has 1 aromatic carbocycles. The van der Waals surface area contributed by atoms with Crippen LogP contribution in [0.5, 0.6) is 0 Å². The predicted molar refractivity (Wildman–Crippen MR) is 60.3 cm³/mol. The molecule has 0 aliphatic heterocycles. The van der Waals surface area contributed by atoms with Crippen molar-refractivity contribution in [2.45, 2.75) is 32.7 Å². The van der Waals surface area contributed by atoms with Gasteiger partial charge in [0, 0.05) is 6.04 Å². The zero-order chi connectivity index (χ0) is 10.2. The van der Waals surface area contributed by atoms with E-state index in [0.717, 1.165) is 0 Å². The lowest BCUT2D eigenvalue weighted by molar-refractivity contribution is 0.265. The largest absolute Gasteiger partial charge is 0.313 e. The summed E-state index contributed by atoms with van der Waals surface area (Å²) in [4.78, 5) is 0. The van der Waals surface area contributed by atoms with Crippen LogP contribution in [0, 0.1) is 5.41 Å².